The van der Waals surface area contributed by atoms with Gasteiger partial charge in [-0.1, -0.05) is 24.3 Å². The van der Waals surface area contributed by atoms with Gasteiger partial charge in [-0.15, -0.1) is 11.3 Å². The standard InChI is InChI=1S/C20H23N3O2S/c1-13-14(2)26-19-18(13)20(25)23(12-21-19)11-17(24)10-22-8-7-15-5-3-4-6-16(15)9-22/h3-6,12,17,24H,7-11H2,1-2H3/t17-/m1/s1. The predicted molar refractivity (Wildman–Crippen MR) is 105 cm³/mol. The summed E-state index contributed by atoms with van der Waals surface area (Å²) in [5.74, 6) is 0. The average molecular weight is 369 g/mol. The number of aryl methyl sites for hydroxylation is 2. The summed E-state index contributed by atoms with van der Waals surface area (Å²) in [6.07, 6.45) is 1.97. The van der Waals surface area contributed by atoms with E-state index in [2.05, 4.69) is 34.1 Å². The van der Waals surface area contributed by atoms with Crippen molar-refractivity contribution in [3.8, 4) is 0 Å². The molecule has 1 N–H and O–H groups in total. The van der Waals surface area contributed by atoms with E-state index in [1.807, 2.05) is 13.8 Å². The summed E-state index contributed by atoms with van der Waals surface area (Å²) >= 11 is 1.55. The Hall–Kier alpha value is -2.02. The van der Waals surface area contributed by atoms with Crippen molar-refractivity contribution >= 4 is 21.6 Å². The smallest absolute Gasteiger partial charge is 0.262 e. The van der Waals surface area contributed by atoms with E-state index in [1.54, 1.807) is 22.2 Å². The molecule has 4 rings (SSSR count). The lowest BCUT2D eigenvalue weighted by molar-refractivity contribution is 0.0908. The van der Waals surface area contributed by atoms with Crippen LogP contribution in [0.5, 0.6) is 0 Å². The van der Waals surface area contributed by atoms with Gasteiger partial charge in [0, 0.05) is 24.5 Å². The highest BCUT2D eigenvalue weighted by Gasteiger charge is 2.20. The van der Waals surface area contributed by atoms with Crippen molar-refractivity contribution in [2.45, 2.75) is 39.5 Å². The fourth-order valence-corrected chi connectivity index (χ4v) is 4.68. The van der Waals surface area contributed by atoms with Gasteiger partial charge in [0.15, 0.2) is 0 Å². The van der Waals surface area contributed by atoms with Crippen molar-refractivity contribution in [3.63, 3.8) is 0 Å². The number of rotatable bonds is 4. The van der Waals surface area contributed by atoms with Gasteiger partial charge in [-0.2, -0.15) is 0 Å². The fourth-order valence-electron chi connectivity index (χ4n) is 3.69. The molecule has 0 amide bonds. The van der Waals surface area contributed by atoms with Crippen LogP contribution in [0.25, 0.3) is 10.2 Å². The molecule has 0 fully saturated rings. The SMILES string of the molecule is Cc1sc2ncn(C[C@H](O)CN3CCc4ccccc4C3)c(=O)c2c1C. The molecule has 5 nitrogen and oxygen atoms in total. The number of benzene rings is 1. The molecule has 1 atom stereocenters. The number of nitrogens with zero attached hydrogens (tertiary/aromatic N) is 3. The maximum Gasteiger partial charge on any atom is 0.262 e. The first-order chi connectivity index (χ1) is 12.5. The lowest BCUT2D eigenvalue weighted by Crippen LogP contribution is -2.39. The molecular formula is C20H23N3O2S. The van der Waals surface area contributed by atoms with E-state index >= 15 is 0 Å². The second-order valence-corrected chi connectivity index (χ2v) is 8.28. The van der Waals surface area contributed by atoms with E-state index in [9.17, 15) is 9.90 Å². The van der Waals surface area contributed by atoms with Crippen molar-refractivity contribution in [2.75, 3.05) is 13.1 Å². The van der Waals surface area contributed by atoms with Gasteiger partial charge in [-0.3, -0.25) is 14.3 Å². The molecule has 3 heterocycles. The summed E-state index contributed by atoms with van der Waals surface area (Å²) < 4.78 is 1.55. The molecule has 6 heteroatoms. The van der Waals surface area contributed by atoms with E-state index in [4.69, 9.17) is 0 Å². The molecular weight excluding hydrogens is 346 g/mol. The minimum Gasteiger partial charge on any atom is -0.390 e. The molecule has 1 aliphatic rings. The lowest BCUT2D eigenvalue weighted by Gasteiger charge is -2.30. The lowest BCUT2D eigenvalue weighted by atomic mass is 10.00. The van der Waals surface area contributed by atoms with E-state index in [1.165, 1.54) is 11.1 Å². The highest BCUT2D eigenvalue weighted by molar-refractivity contribution is 7.18. The van der Waals surface area contributed by atoms with Crippen LogP contribution >= 0.6 is 11.3 Å². The van der Waals surface area contributed by atoms with Crippen LogP contribution in [0.15, 0.2) is 35.4 Å². The molecule has 1 aromatic carbocycles. The number of fused-ring (bicyclic) bond motifs is 2. The van der Waals surface area contributed by atoms with Crippen molar-refractivity contribution in [2.24, 2.45) is 0 Å². The predicted octanol–water partition coefficient (Wildman–Crippen LogP) is 2.49. The molecule has 0 bridgehead atoms. The van der Waals surface area contributed by atoms with Gasteiger partial charge in [-0.25, -0.2) is 4.98 Å². The molecule has 0 aliphatic carbocycles. The van der Waals surface area contributed by atoms with Gasteiger partial charge in [0.2, 0.25) is 0 Å². The molecule has 2 aromatic heterocycles. The van der Waals surface area contributed by atoms with Crippen LogP contribution in [-0.2, 0) is 19.5 Å². The summed E-state index contributed by atoms with van der Waals surface area (Å²) in [6, 6.07) is 8.46. The zero-order valence-corrected chi connectivity index (χ0v) is 15.9. The quantitative estimate of drug-likeness (QED) is 0.768. The zero-order chi connectivity index (χ0) is 18.3. The second kappa shape index (κ2) is 6.95. The van der Waals surface area contributed by atoms with Crippen LogP contribution in [0, 0.1) is 13.8 Å². The first-order valence-corrected chi connectivity index (χ1v) is 9.77. The van der Waals surface area contributed by atoms with Crippen molar-refractivity contribution < 1.29 is 5.11 Å². The van der Waals surface area contributed by atoms with E-state index < -0.39 is 6.10 Å². The molecule has 3 aromatic rings. The first-order valence-electron chi connectivity index (χ1n) is 8.95. The van der Waals surface area contributed by atoms with Gasteiger partial charge in [0.05, 0.1) is 24.4 Å². The third kappa shape index (κ3) is 3.20. The van der Waals surface area contributed by atoms with E-state index in [0.29, 0.717) is 11.9 Å². The number of hydrogen-bond acceptors (Lipinski definition) is 5. The Kier molecular flexibility index (Phi) is 4.65. The molecule has 0 saturated heterocycles. The van der Waals surface area contributed by atoms with Crippen molar-refractivity contribution in [1.29, 1.82) is 0 Å². The normalized spacial score (nSPS) is 16.0. The van der Waals surface area contributed by atoms with E-state index in [0.717, 1.165) is 34.8 Å². The Morgan fingerprint density at radius 2 is 2.00 bits per heavy atom. The van der Waals surface area contributed by atoms with E-state index in [-0.39, 0.29) is 12.1 Å². The Bertz CT molecular complexity index is 1010. The minimum absolute atomic E-state index is 0.0557. The number of hydrogen-bond donors (Lipinski definition) is 1. The summed E-state index contributed by atoms with van der Waals surface area (Å²) in [6.45, 7) is 6.58. The summed E-state index contributed by atoms with van der Waals surface area (Å²) in [5, 5.41) is 11.2. The largest absolute Gasteiger partial charge is 0.390 e. The highest BCUT2D eigenvalue weighted by atomic mass is 32.1. The van der Waals surface area contributed by atoms with Gasteiger partial charge >= 0.3 is 0 Å². The van der Waals surface area contributed by atoms with Crippen LogP contribution in [0.2, 0.25) is 0 Å². The van der Waals surface area contributed by atoms with Crippen LogP contribution in [-0.4, -0.2) is 38.8 Å². The number of aliphatic hydroxyl groups excluding tert-OH is 1. The van der Waals surface area contributed by atoms with Crippen LogP contribution < -0.4 is 5.56 Å². The molecule has 0 spiro atoms. The Labute approximate surface area is 156 Å². The second-order valence-electron chi connectivity index (χ2n) is 7.07. The van der Waals surface area contributed by atoms with Gasteiger partial charge in [0.1, 0.15) is 4.83 Å². The topological polar surface area (TPSA) is 58.4 Å². The number of β-amino-alcohol motifs (C(OH)–C–C–N with tert-alkyl or cyclic N) is 1. The van der Waals surface area contributed by atoms with Crippen LogP contribution in [0.3, 0.4) is 0 Å². The van der Waals surface area contributed by atoms with Gasteiger partial charge in [-0.05, 0) is 37.0 Å². The Balaban J connectivity index is 1.48. The Morgan fingerprint density at radius 1 is 1.23 bits per heavy atom. The monoisotopic (exact) mass is 369 g/mol. The number of aliphatic hydroxyl groups is 1. The third-order valence-corrected chi connectivity index (χ3v) is 6.36. The number of thiophene rings is 1. The van der Waals surface area contributed by atoms with Crippen molar-refractivity contribution in [1.82, 2.24) is 14.5 Å². The van der Waals surface area contributed by atoms with Gasteiger partial charge in [0.25, 0.3) is 5.56 Å². The van der Waals surface area contributed by atoms with Crippen LogP contribution in [0.1, 0.15) is 21.6 Å². The maximum atomic E-state index is 12.8. The third-order valence-electron chi connectivity index (χ3n) is 5.24. The summed E-state index contributed by atoms with van der Waals surface area (Å²) in [5.41, 5.74) is 3.67. The minimum atomic E-state index is -0.600. The highest BCUT2D eigenvalue weighted by Crippen LogP contribution is 2.25. The summed E-state index contributed by atoms with van der Waals surface area (Å²) in [7, 11) is 0. The average Bonchev–Trinajstić information content (AvgIpc) is 2.92. The van der Waals surface area contributed by atoms with Crippen LogP contribution in [0.4, 0.5) is 0 Å². The molecule has 1 aliphatic heterocycles. The van der Waals surface area contributed by atoms with Gasteiger partial charge < -0.3 is 5.11 Å². The summed E-state index contributed by atoms with van der Waals surface area (Å²) in [4.78, 5) is 21.3. The molecule has 26 heavy (non-hydrogen) atoms. The molecule has 0 radical (unpaired) electrons. The fraction of sp³-hybridized carbons (Fsp3) is 0.400. The Morgan fingerprint density at radius 3 is 2.81 bits per heavy atom. The molecule has 0 saturated carbocycles. The zero-order valence-electron chi connectivity index (χ0n) is 15.1. The molecule has 0 unspecified atom stereocenters. The first kappa shape index (κ1) is 17.4. The number of aromatic nitrogens is 2. The molecule has 136 valence electrons. The maximum absolute atomic E-state index is 12.8. The van der Waals surface area contributed by atoms with Crippen molar-refractivity contribution in [3.05, 3.63) is 62.5 Å².